The summed E-state index contributed by atoms with van der Waals surface area (Å²) in [7, 11) is 0. The minimum absolute atomic E-state index is 0.854. The zero-order valence-corrected chi connectivity index (χ0v) is 14.9. The maximum atomic E-state index is 4.69. The Balaban J connectivity index is 1.49. The third kappa shape index (κ3) is 2.57. The number of hydrogen-bond donors (Lipinski definition) is 1. The van der Waals surface area contributed by atoms with Crippen molar-refractivity contribution in [3.8, 4) is 0 Å². The average molecular weight is 339 g/mol. The van der Waals surface area contributed by atoms with Crippen LogP contribution in [0.1, 0.15) is 22.5 Å². The molecule has 26 heavy (non-hydrogen) atoms. The Bertz CT molecular complexity index is 1110. The summed E-state index contributed by atoms with van der Waals surface area (Å²) in [6.07, 6.45) is 2.14. The molecule has 4 aromatic rings. The van der Waals surface area contributed by atoms with Crippen molar-refractivity contribution in [3.63, 3.8) is 0 Å². The number of aryl methyl sites for hydroxylation is 3. The van der Waals surface area contributed by atoms with Gasteiger partial charge < -0.3 is 9.88 Å². The number of rotatable bonds is 2. The van der Waals surface area contributed by atoms with E-state index in [4.69, 9.17) is 0 Å². The minimum Gasteiger partial charge on any atom is -0.355 e. The van der Waals surface area contributed by atoms with Crippen LogP contribution in [0.15, 0.2) is 66.7 Å². The van der Waals surface area contributed by atoms with Crippen LogP contribution in [0.4, 0.5) is 11.4 Å². The van der Waals surface area contributed by atoms with E-state index in [1.54, 1.807) is 0 Å². The summed E-state index contributed by atoms with van der Waals surface area (Å²) in [6, 6.07) is 23.8. The molecule has 2 heterocycles. The highest BCUT2D eigenvalue weighted by atomic mass is 15.1. The van der Waals surface area contributed by atoms with Gasteiger partial charge in [0.25, 0.3) is 0 Å². The second-order valence-electron chi connectivity index (χ2n) is 7.01. The van der Waals surface area contributed by atoms with Gasteiger partial charge in [0.2, 0.25) is 0 Å². The molecule has 3 aromatic carbocycles. The standard InChI is InChI=1S/C23H21N3/c1-16-24-22-8-4-5-9-23(22)26(16)15-17-10-13-21-19(14-17)12-11-18-6-2-3-7-20(18)25-21/h2-10,13-14,25H,11-12,15H2,1H3. The van der Waals surface area contributed by atoms with Crippen molar-refractivity contribution < 1.29 is 0 Å². The molecule has 5 rings (SSSR count). The normalized spacial score (nSPS) is 13.0. The number of imidazole rings is 1. The van der Waals surface area contributed by atoms with Gasteiger partial charge in [-0.2, -0.15) is 0 Å². The summed E-state index contributed by atoms with van der Waals surface area (Å²) >= 11 is 0. The first-order valence-corrected chi connectivity index (χ1v) is 9.16. The van der Waals surface area contributed by atoms with Crippen molar-refractivity contribution in [1.29, 1.82) is 0 Å². The van der Waals surface area contributed by atoms with Gasteiger partial charge in [-0.1, -0.05) is 42.5 Å². The number of benzene rings is 3. The first-order chi connectivity index (χ1) is 12.8. The number of hydrogen-bond acceptors (Lipinski definition) is 2. The van der Waals surface area contributed by atoms with Gasteiger partial charge in [-0.15, -0.1) is 0 Å². The van der Waals surface area contributed by atoms with E-state index < -0.39 is 0 Å². The molecule has 1 aromatic heterocycles. The molecule has 0 atom stereocenters. The monoisotopic (exact) mass is 339 g/mol. The number of nitrogens with one attached hydrogen (secondary N) is 1. The molecule has 0 spiro atoms. The highest BCUT2D eigenvalue weighted by Crippen LogP contribution is 2.30. The molecule has 128 valence electrons. The van der Waals surface area contributed by atoms with E-state index in [-0.39, 0.29) is 0 Å². The molecular weight excluding hydrogens is 318 g/mol. The quantitative estimate of drug-likeness (QED) is 0.541. The van der Waals surface area contributed by atoms with Crippen molar-refractivity contribution in [2.24, 2.45) is 0 Å². The molecule has 0 saturated heterocycles. The van der Waals surface area contributed by atoms with Crippen LogP contribution in [0.5, 0.6) is 0 Å². The van der Waals surface area contributed by atoms with Crippen LogP contribution in [0.2, 0.25) is 0 Å². The van der Waals surface area contributed by atoms with E-state index in [0.29, 0.717) is 0 Å². The Hall–Kier alpha value is -3.07. The number of fused-ring (bicyclic) bond motifs is 3. The fourth-order valence-corrected chi connectivity index (χ4v) is 3.93. The first-order valence-electron chi connectivity index (χ1n) is 9.16. The fraction of sp³-hybridized carbons (Fsp3) is 0.174. The van der Waals surface area contributed by atoms with Crippen molar-refractivity contribution in [1.82, 2.24) is 9.55 Å². The summed E-state index contributed by atoms with van der Waals surface area (Å²) in [6.45, 7) is 2.94. The van der Waals surface area contributed by atoms with Crippen LogP contribution in [0.25, 0.3) is 11.0 Å². The number of aromatic nitrogens is 2. The second-order valence-corrected chi connectivity index (χ2v) is 7.01. The van der Waals surface area contributed by atoms with Gasteiger partial charge in [0, 0.05) is 17.9 Å². The van der Waals surface area contributed by atoms with Crippen molar-refractivity contribution in [2.45, 2.75) is 26.3 Å². The molecule has 1 N–H and O–H groups in total. The smallest absolute Gasteiger partial charge is 0.107 e. The molecule has 1 aliphatic rings. The first kappa shape index (κ1) is 15.2. The van der Waals surface area contributed by atoms with Gasteiger partial charge in [0.15, 0.2) is 0 Å². The summed E-state index contributed by atoms with van der Waals surface area (Å²) in [5, 5.41) is 3.61. The van der Waals surface area contributed by atoms with Gasteiger partial charge in [-0.25, -0.2) is 4.98 Å². The second kappa shape index (κ2) is 6.03. The van der Waals surface area contributed by atoms with Crippen LogP contribution < -0.4 is 5.32 Å². The highest BCUT2D eigenvalue weighted by Gasteiger charge is 2.13. The molecular formula is C23H21N3. The van der Waals surface area contributed by atoms with Gasteiger partial charge in [-0.05, 0) is 60.7 Å². The van der Waals surface area contributed by atoms with Gasteiger partial charge in [-0.3, -0.25) is 0 Å². The Morgan fingerprint density at radius 1 is 0.885 bits per heavy atom. The maximum Gasteiger partial charge on any atom is 0.107 e. The minimum atomic E-state index is 0.854. The summed E-state index contributed by atoms with van der Waals surface area (Å²) in [5.41, 5.74) is 8.83. The zero-order chi connectivity index (χ0) is 17.5. The van der Waals surface area contributed by atoms with Gasteiger partial charge in [0.1, 0.15) is 5.82 Å². The SMILES string of the molecule is Cc1nc2ccccc2n1Cc1ccc2c(c1)CCc1ccccc1N2. The van der Waals surface area contributed by atoms with Crippen molar-refractivity contribution >= 4 is 22.4 Å². The molecule has 0 bridgehead atoms. The summed E-state index contributed by atoms with van der Waals surface area (Å²) in [4.78, 5) is 4.69. The van der Waals surface area contributed by atoms with Gasteiger partial charge >= 0.3 is 0 Å². The van der Waals surface area contributed by atoms with Crippen LogP contribution in [0.3, 0.4) is 0 Å². The van der Waals surface area contributed by atoms with Gasteiger partial charge in [0.05, 0.1) is 11.0 Å². The van der Waals surface area contributed by atoms with E-state index in [2.05, 4.69) is 82.5 Å². The molecule has 0 fully saturated rings. The van der Waals surface area contributed by atoms with Crippen LogP contribution in [-0.2, 0) is 19.4 Å². The zero-order valence-electron chi connectivity index (χ0n) is 14.9. The van der Waals surface area contributed by atoms with E-state index in [9.17, 15) is 0 Å². The largest absolute Gasteiger partial charge is 0.355 e. The van der Waals surface area contributed by atoms with E-state index in [1.807, 2.05) is 6.07 Å². The van der Waals surface area contributed by atoms with Crippen LogP contribution >= 0.6 is 0 Å². The molecule has 3 nitrogen and oxygen atoms in total. The predicted molar refractivity (Wildman–Crippen MR) is 107 cm³/mol. The molecule has 0 aliphatic carbocycles. The third-order valence-corrected chi connectivity index (χ3v) is 5.31. The Morgan fingerprint density at radius 2 is 1.65 bits per heavy atom. The van der Waals surface area contributed by atoms with Crippen molar-refractivity contribution in [3.05, 3.63) is 89.2 Å². The maximum absolute atomic E-state index is 4.69. The fourth-order valence-electron chi connectivity index (χ4n) is 3.93. The van der Waals surface area contributed by atoms with E-state index in [1.165, 1.54) is 33.6 Å². The molecule has 0 amide bonds. The molecule has 3 heteroatoms. The molecule has 0 radical (unpaired) electrons. The number of para-hydroxylation sites is 3. The Morgan fingerprint density at radius 3 is 2.62 bits per heavy atom. The highest BCUT2D eigenvalue weighted by molar-refractivity contribution is 5.76. The van der Waals surface area contributed by atoms with Crippen LogP contribution in [0, 0.1) is 6.92 Å². The molecule has 0 saturated carbocycles. The molecule has 0 unspecified atom stereocenters. The number of anilines is 2. The topological polar surface area (TPSA) is 29.9 Å². The van der Waals surface area contributed by atoms with E-state index in [0.717, 1.165) is 30.7 Å². The average Bonchev–Trinajstić information content (AvgIpc) is 2.86. The van der Waals surface area contributed by atoms with E-state index >= 15 is 0 Å². The third-order valence-electron chi connectivity index (χ3n) is 5.31. The predicted octanol–water partition coefficient (Wildman–Crippen LogP) is 5.24. The number of nitrogens with zero attached hydrogens (tertiary/aromatic N) is 2. The summed E-state index contributed by atoms with van der Waals surface area (Å²) < 4.78 is 2.30. The summed E-state index contributed by atoms with van der Waals surface area (Å²) in [5.74, 6) is 1.06. The van der Waals surface area contributed by atoms with Crippen LogP contribution in [-0.4, -0.2) is 9.55 Å². The lowest BCUT2D eigenvalue weighted by Gasteiger charge is -2.12. The lowest BCUT2D eigenvalue weighted by Crippen LogP contribution is -2.03. The Labute approximate surface area is 153 Å². The molecule has 1 aliphatic heterocycles. The van der Waals surface area contributed by atoms with Crippen molar-refractivity contribution in [2.75, 3.05) is 5.32 Å². The lowest BCUT2D eigenvalue weighted by molar-refractivity contribution is 0.784. The Kier molecular flexibility index (Phi) is 3.52. The lowest BCUT2D eigenvalue weighted by atomic mass is 10.0.